The highest BCUT2D eigenvalue weighted by atomic mass is 127. The molecule has 0 aromatic heterocycles. The van der Waals surface area contributed by atoms with Crippen molar-refractivity contribution in [2.75, 3.05) is 20.2 Å². The van der Waals surface area contributed by atoms with Gasteiger partial charge in [-0.2, -0.15) is 0 Å². The lowest BCUT2D eigenvalue weighted by molar-refractivity contribution is 0.139. The van der Waals surface area contributed by atoms with E-state index >= 15 is 0 Å². The van der Waals surface area contributed by atoms with Crippen molar-refractivity contribution in [1.82, 2.24) is 3.11 Å². The molecule has 0 radical (unpaired) electrons. The van der Waals surface area contributed by atoms with E-state index in [1.807, 2.05) is 24.3 Å². The maximum absolute atomic E-state index is 5.97. The van der Waals surface area contributed by atoms with Crippen molar-refractivity contribution in [3.05, 3.63) is 24.3 Å². The van der Waals surface area contributed by atoms with E-state index in [9.17, 15) is 0 Å². The number of methoxy groups -OCH3 is 1. The van der Waals surface area contributed by atoms with Crippen LogP contribution in [0.3, 0.4) is 0 Å². The van der Waals surface area contributed by atoms with Gasteiger partial charge in [0.2, 0.25) is 0 Å². The molecule has 1 aromatic carbocycles. The molecule has 0 unspecified atom stereocenters. The fourth-order valence-corrected chi connectivity index (χ4v) is 2.39. The van der Waals surface area contributed by atoms with Crippen LogP contribution in [0, 0.1) is 0 Å². The molecular weight excluding hydrogens is 317 g/mol. The molecule has 16 heavy (non-hydrogen) atoms. The van der Waals surface area contributed by atoms with Crippen LogP contribution >= 0.6 is 22.9 Å². The molecule has 1 saturated heterocycles. The molecule has 1 aromatic rings. The molecule has 0 aliphatic carbocycles. The van der Waals surface area contributed by atoms with E-state index in [1.54, 1.807) is 7.11 Å². The van der Waals surface area contributed by atoms with Gasteiger partial charge in [0.05, 0.1) is 7.11 Å². The summed E-state index contributed by atoms with van der Waals surface area (Å²) in [4.78, 5) is 0. The number of para-hydroxylation sites is 2. The molecule has 3 nitrogen and oxygen atoms in total. The van der Waals surface area contributed by atoms with Gasteiger partial charge in [0.25, 0.3) is 0 Å². The Morgan fingerprint density at radius 3 is 2.44 bits per heavy atom. The first-order chi connectivity index (χ1) is 7.79. The van der Waals surface area contributed by atoms with Gasteiger partial charge >= 0.3 is 0 Å². The zero-order valence-electron chi connectivity index (χ0n) is 9.36. The number of ether oxygens (including phenoxy) is 2. The minimum absolute atomic E-state index is 0.322. The molecule has 0 bridgehead atoms. The van der Waals surface area contributed by atoms with Gasteiger partial charge in [-0.3, -0.25) is 0 Å². The fourth-order valence-electron chi connectivity index (χ4n) is 1.84. The van der Waals surface area contributed by atoms with Crippen LogP contribution in [0.15, 0.2) is 24.3 Å². The van der Waals surface area contributed by atoms with Crippen molar-refractivity contribution in [2.45, 2.75) is 18.9 Å². The Balaban J connectivity index is 1.98. The van der Waals surface area contributed by atoms with Crippen molar-refractivity contribution in [2.24, 2.45) is 0 Å². The Labute approximate surface area is 110 Å². The van der Waals surface area contributed by atoms with Gasteiger partial charge in [-0.25, -0.2) is 3.11 Å². The van der Waals surface area contributed by atoms with Crippen molar-refractivity contribution in [3.8, 4) is 11.5 Å². The smallest absolute Gasteiger partial charge is 0.161 e. The lowest BCUT2D eigenvalue weighted by Crippen LogP contribution is -2.32. The number of rotatable bonds is 3. The van der Waals surface area contributed by atoms with Crippen LogP contribution in [0.1, 0.15) is 12.8 Å². The number of nitrogens with zero attached hydrogens (tertiary/aromatic N) is 1. The summed E-state index contributed by atoms with van der Waals surface area (Å²) in [6.45, 7) is 2.20. The average molecular weight is 333 g/mol. The lowest BCUT2D eigenvalue weighted by atomic mass is 10.1. The summed E-state index contributed by atoms with van der Waals surface area (Å²) in [5, 5.41) is 0. The molecule has 2 rings (SSSR count). The minimum Gasteiger partial charge on any atom is -0.493 e. The summed E-state index contributed by atoms with van der Waals surface area (Å²) in [5.41, 5.74) is 0. The fraction of sp³-hybridized carbons (Fsp3) is 0.500. The first-order valence-electron chi connectivity index (χ1n) is 5.50. The van der Waals surface area contributed by atoms with Crippen molar-refractivity contribution < 1.29 is 9.47 Å². The number of halogens is 1. The maximum Gasteiger partial charge on any atom is 0.161 e. The third kappa shape index (κ3) is 3.01. The quantitative estimate of drug-likeness (QED) is 0.627. The Kier molecular flexibility index (Phi) is 4.29. The summed E-state index contributed by atoms with van der Waals surface area (Å²) in [5.74, 6) is 1.68. The molecule has 1 aliphatic rings. The van der Waals surface area contributed by atoms with Crippen LogP contribution < -0.4 is 9.47 Å². The summed E-state index contributed by atoms with van der Waals surface area (Å²) in [6, 6.07) is 7.84. The third-order valence-corrected chi connectivity index (χ3v) is 3.71. The molecule has 1 heterocycles. The van der Waals surface area contributed by atoms with E-state index in [2.05, 4.69) is 26.0 Å². The summed E-state index contributed by atoms with van der Waals surface area (Å²) in [6.07, 6.45) is 2.49. The molecule has 0 amide bonds. The van der Waals surface area contributed by atoms with Crippen LogP contribution in [-0.2, 0) is 0 Å². The molecule has 4 heteroatoms. The summed E-state index contributed by atoms with van der Waals surface area (Å²) >= 11 is 2.36. The molecule has 0 spiro atoms. The van der Waals surface area contributed by atoms with Gasteiger partial charge < -0.3 is 9.47 Å². The Morgan fingerprint density at radius 1 is 1.19 bits per heavy atom. The van der Waals surface area contributed by atoms with Gasteiger partial charge in [0.1, 0.15) is 6.10 Å². The van der Waals surface area contributed by atoms with E-state index < -0.39 is 0 Å². The molecule has 1 aliphatic heterocycles. The van der Waals surface area contributed by atoms with Gasteiger partial charge in [-0.05, 0) is 25.0 Å². The van der Waals surface area contributed by atoms with Gasteiger partial charge in [0.15, 0.2) is 11.5 Å². The van der Waals surface area contributed by atoms with E-state index in [0.29, 0.717) is 6.10 Å². The number of hydrogen-bond donors (Lipinski definition) is 0. The molecule has 0 N–H and O–H groups in total. The Bertz CT molecular complexity index is 338. The monoisotopic (exact) mass is 333 g/mol. The second-order valence-corrected chi connectivity index (χ2v) is 5.24. The molecule has 0 saturated carbocycles. The highest BCUT2D eigenvalue weighted by Gasteiger charge is 2.19. The van der Waals surface area contributed by atoms with Crippen LogP contribution in [-0.4, -0.2) is 29.4 Å². The van der Waals surface area contributed by atoms with Gasteiger partial charge in [-0.15, -0.1) is 0 Å². The predicted molar refractivity (Wildman–Crippen MR) is 72.2 cm³/mol. The highest BCUT2D eigenvalue weighted by Crippen LogP contribution is 2.29. The van der Waals surface area contributed by atoms with Gasteiger partial charge in [-0.1, -0.05) is 12.1 Å². The maximum atomic E-state index is 5.97. The van der Waals surface area contributed by atoms with Gasteiger partial charge in [0, 0.05) is 36.0 Å². The summed E-state index contributed by atoms with van der Waals surface area (Å²) in [7, 11) is 1.68. The highest BCUT2D eigenvalue weighted by molar-refractivity contribution is 14.1. The first kappa shape index (κ1) is 12.0. The van der Waals surface area contributed by atoms with Crippen LogP contribution in [0.4, 0.5) is 0 Å². The van der Waals surface area contributed by atoms with E-state index in [0.717, 1.165) is 37.4 Å². The number of benzene rings is 1. The molecule has 1 fully saturated rings. The van der Waals surface area contributed by atoms with Crippen LogP contribution in [0.5, 0.6) is 11.5 Å². The SMILES string of the molecule is COc1ccccc1OC1CCN(I)CC1. The first-order valence-corrected chi connectivity index (χ1v) is 6.46. The lowest BCUT2D eigenvalue weighted by Gasteiger charge is -2.28. The van der Waals surface area contributed by atoms with E-state index in [4.69, 9.17) is 9.47 Å². The number of piperidine rings is 1. The molecular formula is C12H16INO2. The van der Waals surface area contributed by atoms with Crippen molar-refractivity contribution in [3.63, 3.8) is 0 Å². The second-order valence-electron chi connectivity index (χ2n) is 3.88. The average Bonchev–Trinajstić information content (AvgIpc) is 2.33. The second kappa shape index (κ2) is 5.72. The standard InChI is InChI=1S/C12H16INO2/c1-15-11-4-2-3-5-12(11)16-10-6-8-14(13)9-7-10/h2-5,10H,6-9H2,1H3. The minimum atomic E-state index is 0.322. The predicted octanol–water partition coefficient (Wildman–Crippen LogP) is 2.89. The molecule has 0 atom stereocenters. The van der Waals surface area contributed by atoms with Crippen LogP contribution in [0.25, 0.3) is 0 Å². The van der Waals surface area contributed by atoms with Crippen LogP contribution in [0.2, 0.25) is 0 Å². The number of hydrogen-bond acceptors (Lipinski definition) is 3. The third-order valence-electron chi connectivity index (χ3n) is 2.75. The topological polar surface area (TPSA) is 21.7 Å². The summed E-state index contributed by atoms with van der Waals surface area (Å²) < 4.78 is 13.5. The van der Waals surface area contributed by atoms with Crippen molar-refractivity contribution in [1.29, 1.82) is 0 Å². The Hall–Kier alpha value is -0.490. The molecule has 88 valence electrons. The zero-order valence-corrected chi connectivity index (χ0v) is 11.5. The van der Waals surface area contributed by atoms with Crippen molar-refractivity contribution >= 4 is 22.9 Å². The Morgan fingerprint density at radius 2 is 1.81 bits per heavy atom. The van der Waals surface area contributed by atoms with E-state index in [1.165, 1.54) is 0 Å². The largest absolute Gasteiger partial charge is 0.493 e. The normalized spacial score (nSPS) is 18.4. The zero-order chi connectivity index (χ0) is 11.4. The van der Waals surface area contributed by atoms with E-state index in [-0.39, 0.29) is 0 Å².